The van der Waals surface area contributed by atoms with Crippen LogP contribution in [0.25, 0.3) is 10.4 Å². The van der Waals surface area contributed by atoms with Crippen LogP contribution in [0.2, 0.25) is 0 Å². The van der Waals surface area contributed by atoms with E-state index < -0.39 is 5.60 Å². The summed E-state index contributed by atoms with van der Waals surface area (Å²) in [6, 6.07) is -0.0159. The molecule has 0 aromatic rings. The standard InChI is InChI=1S/C11H20N4O2/c1-5-9-6-8(13-14-12)7-15(9)10(16)17-11(2,3)4/h8-9H,5-7H2,1-4H3/t8-,9-/m0/s1. The molecule has 0 radical (unpaired) electrons. The minimum atomic E-state index is -0.494. The zero-order chi connectivity index (χ0) is 13.1. The maximum absolute atomic E-state index is 11.9. The van der Waals surface area contributed by atoms with Gasteiger partial charge in [0.05, 0.1) is 6.04 Å². The van der Waals surface area contributed by atoms with Crippen LogP contribution in [-0.4, -0.2) is 35.2 Å². The van der Waals surface area contributed by atoms with Gasteiger partial charge in [0.2, 0.25) is 0 Å². The Balaban J connectivity index is 2.68. The molecular formula is C11H20N4O2. The van der Waals surface area contributed by atoms with E-state index in [0.29, 0.717) is 6.54 Å². The molecule has 1 fully saturated rings. The third-order valence-corrected chi connectivity index (χ3v) is 2.71. The summed E-state index contributed by atoms with van der Waals surface area (Å²) >= 11 is 0. The average Bonchev–Trinajstić information content (AvgIpc) is 2.59. The van der Waals surface area contributed by atoms with Gasteiger partial charge in [-0.15, -0.1) is 0 Å². The van der Waals surface area contributed by atoms with Crippen molar-refractivity contribution in [3.05, 3.63) is 10.4 Å². The molecule has 17 heavy (non-hydrogen) atoms. The maximum Gasteiger partial charge on any atom is 0.410 e. The van der Waals surface area contributed by atoms with E-state index in [1.165, 1.54) is 0 Å². The fourth-order valence-electron chi connectivity index (χ4n) is 1.98. The summed E-state index contributed by atoms with van der Waals surface area (Å²) in [6.45, 7) is 7.99. The number of azide groups is 1. The Bertz CT molecular complexity index is 331. The SMILES string of the molecule is CC[C@H]1C[C@H](N=[N+]=[N-])CN1C(=O)OC(C)(C)C. The van der Waals surface area contributed by atoms with Crippen LogP contribution < -0.4 is 0 Å². The van der Waals surface area contributed by atoms with Crippen LogP contribution in [0.5, 0.6) is 0 Å². The van der Waals surface area contributed by atoms with Crippen molar-refractivity contribution in [1.29, 1.82) is 0 Å². The Kier molecular flexibility index (Phi) is 4.23. The monoisotopic (exact) mass is 240 g/mol. The number of nitrogens with zero attached hydrogens (tertiary/aromatic N) is 4. The molecule has 0 aliphatic carbocycles. The third kappa shape index (κ3) is 3.82. The van der Waals surface area contributed by atoms with Crippen molar-refractivity contribution in [2.75, 3.05) is 6.54 Å². The summed E-state index contributed by atoms with van der Waals surface area (Å²) in [5, 5.41) is 3.68. The van der Waals surface area contributed by atoms with Gasteiger partial charge in [0.1, 0.15) is 5.60 Å². The van der Waals surface area contributed by atoms with Crippen LogP contribution >= 0.6 is 0 Å². The largest absolute Gasteiger partial charge is 0.444 e. The van der Waals surface area contributed by atoms with Crippen molar-refractivity contribution in [2.24, 2.45) is 5.11 Å². The van der Waals surface area contributed by atoms with Gasteiger partial charge in [-0.1, -0.05) is 12.0 Å². The smallest absolute Gasteiger partial charge is 0.410 e. The lowest BCUT2D eigenvalue weighted by Gasteiger charge is -2.28. The molecule has 1 rings (SSSR count). The quantitative estimate of drug-likeness (QED) is 0.422. The Morgan fingerprint density at radius 2 is 2.24 bits per heavy atom. The first kappa shape index (κ1) is 13.6. The number of hydrogen-bond acceptors (Lipinski definition) is 3. The molecule has 0 N–H and O–H groups in total. The highest BCUT2D eigenvalue weighted by atomic mass is 16.6. The molecule has 1 saturated heterocycles. The lowest BCUT2D eigenvalue weighted by Crippen LogP contribution is -2.39. The van der Waals surface area contributed by atoms with Crippen LogP contribution in [0.1, 0.15) is 40.5 Å². The fourth-order valence-corrected chi connectivity index (χ4v) is 1.98. The van der Waals surface area contributed by atoms with Gasteiger partial charge in [0.15, 0.2) is 0 Å². The summed E-state index contributed by atoms with van der Waals surface area (Å²) in [5.41, 5.74) is 7.93. The number of amides is 1. The number of carbonyl (C=O) groups is 1. The Morgan fingerprint density at radius 3 is 2.71 bits per heavy atom. The van der Waals surface area contributed by atoms with Crippen molar-refractivity contribution in [3.63, 3.8) is 0 Å². The van der Waals surface area contributed by atoms with Crippen LogP contribution in [0.3, 0.4) is 0 Å². The van der Waals surface area contributed by atoms with E-state index in [0.717, 1.165) is 12.8 Å². The lowest BCUT2D eigenvalue weighted by atomic mass is 10.1. The second-order valence-corrected chi connectivity index (χ2v) is 5.29. The summed E-state index contributed by atoms with van der Waals surface area (Å²) < 4.78 is 5.33. The van der Waals surface area contributed by atoms with Gasteiger partial charge in [-0.2, -0.15) is 0 Å². The highest BCUT2D eigenvalue weighted by molar-refractivity contribution is 5.69. The number of ether oxygens (including phenoxy) is 1. The molecule has 1 amide bonds. The van der Waals surface area contributed by atoms with E-state index in [1.54, 1.807) is 4.90 Å². The van der Waals surface area contributed by atoms with Gasteiger partial charge in [0.25, 0.3) is 0 Å². The number of hydrogen-bond donors (Lipinski definition) is 0. The van der Waals surface area contributed by atoms with E-state index >= 15 is 0 Å². The summed E-state index contributed by atoms with van der Waals surface area (Å²) in [4.78, 5) is 16.4. The number of carbonyl (C=O) groups excluding carboxylic acids is 1. The van der Waals surface area contributed by atoms with E-state index in [-0.39, 0.29) is 18.2 Å². The van der Waals surface area contributed by atoms with Gasteiger partial charge in [0, 0.05) is 17.5 Å². The lowest BCUT2D eigenvalue weighted by molar-refractivity contribution is 0.0222. The number of rotatable bonds is 2. The zero-order valence-electron chi connectivity index (χ0n) is 10.9. The highest BCUT2D eigenvalue weighted by Crippen LogP contribution is 2.25. The second-order valence-electron chi connectivity index (χ2n) is 5.29. The molecule has 0 spiro atoms. The van der Waals surface area contributed by atoms with Crippen molar-refractivity contribution in [3.8, 4) is 0 Å². The predicted octanol–water partition coefficient (Wildman–Crippen LogP) is 3.08. The molecule has 1 aliphatic rings. The molecule has 2 atom stereocenters. The molecular weight excluding hydrogens is 220 g/mol. The van der Waals surface area contributed by atoms with Crippen molar-refractivity contribution in [1.82, 2.24) is 4.90 Å². The predicted molar refractivity (Wildman–Crippen MR) is 64.6 cm³/mol. The second kappa shape index (κ2) is 5.27. The first-order valence-electron chi connectivity index (χ1n) is 5.91. The average molecular weight is 240 g/mol. The van der Waals surface area contributed by atoms with Gasteiger partial charge < -0.3 is 9.64 Å². The summed E-state index contributed by atoms with van der Waals surface area (Å²) in [5.74, 6) is 0. The van der Waals surface area contributed by atoms with Crippen LogP contribution in [-0.2, 0) is 4.74 Å². The molecule has 96 valence electrons. The molecule has 1 aliphatic heterocycles. The zero-order valence-corrected chi connectivity index (χ0v) is 10.9. The van der Waals surface area contributed by atoms with Gasteiger partial charge in [-0.25, -0.2) is 4.79 Å². The minimum absolute atomic E-state index is 0.111. The molecule has 6 heteroatoms. The normalized spacial score (nSPS) is 24.4. The molecule has 0 bridgehead atoms. The summed E-state index contributed by atoms with van der Waals surface area (Å²) in [6.07, 6.45) is 1.25. The van der Waals surface area contributed by atoms with Crippen LogP contribution in [0.4, 0.5) is 4.79 Å². The topological polar surface area (TPSA) is 78.3 Å². The summed E-state index contributed by atoms with van der Waals surface area (Å²) in [7, 11) is 0. The Morgan fingerprint density at radius 1 is 1.59 bits per heavy atom. The van der Waals surface area contributed by atoms with E-state index in [2.05, 4.69) is 10.0 Å². The van der Waals surface area contributed by atoms with Gasteiger partial charge >= 0.3 is 6.09 Å². The molecule has 0 unspecified atom stereocenters. The fraction of sp³-hybridized carbons (Fsp3) is 0.909. The van der Waals surface area contributed by atoms with Crippen LogP contribution in [0.15, 0.2) is 5.11 Å². The highest BCUT2D eigenvalue weighted by Gasteiger charge is 2.35. The molecule has 6 nitrogen and oxygen atoms in total. The van der Waals surface area contributed by atoms with Crippen molar-refractivity contribution >= 4 is 6.09 Å². The minimum Gasteiger partial charge on any atom is -0.444 e. The van der Waals surface area contributed by atoms with E-state index in [4.69, 9.17) is 10.3 Å². The van der Waals surface area contributed by atoms with Gasteiger partial charge in [-0.3, -0.25) is 0 Å². The van der Waals surface area contributed by atoms with Crippen molar-refractivity contribution in [2.45, 2.75) is 58.2 Å². The number of likely N-dealkylation sites (tertiary alicyclic amines) is 1. The maximum atomic E-state index is 11.9. The molecule has 0 aromatic carbocycles. The van der Waals surface area contributed by atoms with Crippen molar-refractivity contribution < 1.29 is 9.53 Å². The molecule has 0 aromatic heterocycles. The third-order valence-electron chi connectivity index (χ3n) is 2.71. The van der Waals surface area contributed by atoms with E-state index in [1.807, 2.05) is 27.7 Å². The Labute approximate surface area is 102 Å². The van der Waals surface area contributed by atoms with E-state index in [9.17, 15) is 4.79 Å². The van der Waals surface area contributed by atoms with Crippen LogP contribution in [0, 0.1) is 0 Å². The Hall–Kier alpha value is -1.42. The first-order valence-corrected chi connectivity index (χ1v) is 5.91. The van der Waals surface area contributed by atoms with Gasteiger partial charge in [-0.05, 0) is 39.1 Å². The first-order chi connectivity index (χ1) is 7.87. The molecule has 1 heterocycles. The molecule has 0 saturated carbocycles.